The van der Waals surface area contributed by atoms with Crippen LogP contribution in [0, 0.1) is 0 Å². The van der Waals surface area contributed by atoms with Crippen LogP contribution in [-0.2, 0) is 4.74 Å². The average molecular weight is 425 g/mol. The molecule has 9 heteroatoms. The summed E-state index contributed by atoms with van der Waals surface area (Å²) in [4.78, 5) is 19.7. The Labute approximate surface area is 180 Å². The van der Waals surface area contributed by atoms with Crippen LogP contribution in [0.25, 0.3) is 16.6 Å². The Morgan fingerprint density at radius 2 is 2.03 bits per heavy atom. The molecule has 1 fully saturated rings. The van der Waals surface area contributed by atoms with Crippen LogP contribution in [0.3, 0.4) is 0 Å². The molecule has 3 aromatic heterocycles. The summed E-state index contributed by atoms with van der Waals surface area (Å²) in [7, 11) is 1.65. The van der Waals surface area contributed by atoms with Crippen molar-refractivity contribution in [1.82, 2.24) is 19.6 Å². The molecule has 1 atom stereocenters. The van der Waals surface area contributed by atoms with Crippen molar-refractivity contribution in [2.24, 2.45) is 0 Å². The zero-order chi connectivity index (χ0) is 22.0. The number of rotatable bonds is 7. The molecule has 1 saturated carbocycles. The summed E-state index contributed by atoms with van der Waals surface area (Å²) in [6.45, 7) is 2.53. The van der Waals surface area contributed by atoms with Crippen LogP contribution in [0.4, 0.5) is 5.95 Å². The van der Waals surface area contributed by atoms with Gasteiger partial charge < -0.3 is 20.3 Å². The van der Waals surface area contributed by atoms with E-state index in [-0.39, 0.29) is 23.8 Å². The number of nitrogens with zero attached hydrogens (tertiary/aromatic N) is 4. The number of ether oxygens (including phenoxy) is 1. The van der Waals surface area contributed by atoms with Gasteiger partial charge in [-0.3, -0.25) is 0 Å². The quantitative estimate of drug-likeness (QED) is 0.528. The molecule has 3 aromatic rings. The van der Waals surface area contributed by atoms with Gasteiger partial charge in [0.25, 0.3) is 0 Å². The van der Waals surface area contributed by atoms with Gasteiger partial charge in [0.15, 0.2) is 0 Å². The lowest BCUT2D eigenvalue weighted by Gasteiger charge is -2.25. The smallest absolute Gasteiger partial charge is 0.354 e. The topological polar surface area (TPSA) is 122 Å². The van der Waals surface area contributed by atoms with E-state index < -0.39 is 5.97 Å². The van der Waals surface area contributed by atoms with Gasteiger partial charge >= 0.3 is 5.97 Å². The average Bonchev–Trinajstić information content (AvgIpc) is 3.13. The fourth-order valence-electron chi connectivity index (χ4n) is 4.17. The highest BCUT2D eigenvalue weighted by atomic mass is 16.5. The van der Waals surface area contributed by atoms with Crippen molar-refractivity contribution < 1.29 is 19.7 Å². The summed E-state index contributed by atoms with van der Waals surface area (Å²) in [6, 6.07) is 5.40. The van der Waals surface area contributed by atoms with Crippen LogP contribution in [0.15, 0.2) is 30.6 Å². The summed E-state index contributed by atoms with van der Waals surface area (Å²) in [5.74, 6) is -0.273. The van der Waals surface area contributed by atoms with Gasteiger partial charge in [0.1, 0.15) is 5.69 Å². The number of aliphatic hydroxyl groups excluding tert-OH is 1. The van der Waals surface area contributed by atoms with Crippen molar-refractivity contribution in [3.05, 3.63) is 42.0 Å². The zero-order valence-electron chi connectivity index (χ0n) is 17.7. The Kier molecular flexibility index (Phi) is 6.15. The van der Waals surface area contributed by atoms with Gasteiger partial charge in [-0.15, -0.1) is 5.10 Å². The van der Waals surface area contributed by atoms with Gasteiger partial charge in [-0.05, 0) is 44.7 Å². The highest BCUT2D eigenvalue weighted by Crippen LogP contribution is 2.37. The number of carboxylic acid groups (broad SMARTS) is 1. The molecule has 31 heavy (non-hydrogen) atoms. The number of fused-ring (bicyclic) bond motifs is 1. The number of methoxy groups -OCH3 is 1. The van der Waals surface area contributed by atoms with Crippen LogP contribution < -0.4 is 5.32 Å². The van der Waals surface area contributed by atoms with Crippen molar-refractivity contribution in [1.29, 1.82) is 0 Å². The van der Waals surface area contributed by atoms with Crippen LogP contribution in [-0.4, -0.2) is 61.6 Å². The number of nitrogens with one attached hydrogen (secondary N) is 1. The summed E-state index contributed by atoms with van der Waals surface area (Å²) in [5, 5.41) is 27.1. The largest absolute Gasteiger partial charge is 0.477 e. The number of carboxylic acids is 1. The van der Waals surface area contributed by atoms with E-state index in [1.165, 1.54) is 6.07 Å². The summed E-state index contributed by atoms with van der Waals surface area (Å²) < 4.78 is 7.10. The predicted molar refractivity (Wildman–Crippen MR) is 115 cm³/mol. The standard InChI is InChI=1S/C22H27N5O4/c1-13(12-31-2)25-22-24-11-20-17(15-5-8-18(21(29)30)23-10-15)9-19(27(20)26-22)14-3-6-16(28)7-4-14/h5,8-11,13-14,16,28H,3-4,6-7,12H2,1-2H3,(H,25,26)(H,29,30). The minimum Gasteiger partial charge on any atom is -0.477 e. The second kappa shape index (κ2) is 8.99. The number of hydrogen-bond acceptors (Lipinski definition) is 7. The molecule has 3 heterocycles. The lowest BCUT2D eigenvalue weighted by Crippen LogP contribution is -2.23. The number of aromatic carboxylic acids is 1. The first-order chi connectivity index (χ1) is 15.0. The van der Waals surface area contributed by atoms with E-state index in [9.17, 15) is 9.90 Å². The third kappa shape index (κ3) is 4.52. The number of aliphatic hydroxyl groups is 1. The molecule has 0 radical (unpaired) electrons. The Hall–Kier alpha value is -3.04. The van der Waals surface area contributed by atoms with Crippen molar-refractivity contribution in [3.63, 3.8) is 0 Å². The molecule has 0 aliphatic heterocycles. The molecule has 9 nitrogen and oxygen atoms in total. The van der Waals surface area contributed by atoms with Crippen molar-refractivity contribution in [3.8, 4) is 11.1 Å². The first-order valence-electron chi connectivity index (χ1n) is 10.5. The van der Waals surface area contributed by atoms with E-state index in [0.717, 1.165) is 48.0 Å². The van der Waals surface area contributed by atoms with Crippen LogP contribution in [0.5, 0.6) is 0 Å². The number of pyridine rings is 1. The zero-order valence-corrected chi connectivity index (χ0v) is 17.7. The third-order valence-corrected chi connectivity index (χ3v) is 5.75. The SMILES string of the molecule is COCC(C)Nc1ncc2c(-c3ccc(C(=O)O)nc3)cc(C3CCC(O)CC3)n2n1. The molecule has 3 N–H and O–H groups in total. The van der Waals surface area contributed by atoms with Gasteiger partial charge in [-0.25, -0.2) is 19.3 Å². The minimum absolute atomic E-state index is 0.00335. The Morgan fingerprint density at radius 3 is 2.68 bits per heavy atom. The van der Waals surface area contributed by atoms with E-state index >= 15 is 0 Å². The molecule has 1 aliphatic carbocycles. The summed E-state index contributed by atoms with van der Waals surface area (Å²) >= 11 is 0. The van der Waals surface area contributed by atoms with E-state index in [1.54, 1.807) is 25.6 Å². The molecular formula is C22H27N5O4. The monoisotopic (exact) mass is 425 g/mol. The van der Waals surface area contributed by atoms with E-state index in [4.69, 9.17) is 14.9 Å². The molecule has 4 rings (SSSR count). The van der Waals surface area contributed by atoms with Crippen molar-refractivity contribution in [2.75, 3.05) is 19.0 Å². The highest BCUT2D eigenvalue weighted by Gasteiger charge is 2.25. The van der Waals surface area contributed by atoms with Crippen LogP contribution >= 0.6 is 0 Å². The maximum atomic E-state index is 11.1. The first-order valence-corrected chi connectivity index (χ1v) is 10.5. The molecule has 164 valence electrons. The fraction of sp³-hybridized carbons (Fsp3) is 0.455. The van der Waals surface area contributed by atoms with E-state index in [0.29, 0.717) is 12.6 Å². The predicted octanol–water partition coefficient (Wildman–Crippen LogP) is 2.95. The van der Waals surface area contributed by atoms with Gasteiger partial charge in [0.05, 0.1) is 24.4 Å². The Balaban J connectivity index is 1.76. The Morgan fingerprint density at radius 1 is 1.26 bits per heavy atom. The van der Waals surface area contributed by atoms with E-state index in [2.05, 4.69) is 21.4 Å². The molecule has 1 unspecified atom stereocenters. The highest BCUT2D eigenvalue weighted by molar-refractivity contribution is 5.87. The third-order valence-electron chi connectivity index (χ3n) is 5.75. The van der Waals surface area contributed by atoms with Crippen LogP contribution in [0.2, 0.25) is 0 Å². The number of anilines is 1. The van der Waals surface area contributed by atoms with Crippen molar-refractivity contribution >= 4 is 17.4 Å². The molecule has 0 aromatic carbocycles. The minimum atomic E-state index is -1.06. The lowest BCUT2D eigenvalue weighted by atomic mass is 9.85. The maximum Gasteiger partial charge on any atom is 0.354 e. The second-order valence-corrected chi connectivity index (χ2v) is 8.11. The Bertz CT molecular complexity index is 1060. The second-order valence-electron chi connectivity index (χ2n) is 8.11. The molecule has 0 amide bonds. The first kappa shape index (κ1) is 21.2. The number of hydrogen-bond donors (Lipinski definition) is 3. The summed E-state index contributed by atoms with van der Waals surface area (Å²) in [6.07, 6.45) is 6.41. The number of aromatic nitrogens is 4. The van der Waals surface area contributed by atoms with Gasteiger partial charge in [-0.1, -0.05) is 6.07 Å². The normalized spacial score (nSPS) is 20.0. The molecule has 0 spiro atoms. The molecule has 0 saturated heterocycles. The van der Waals surface area contributed by atoms with Gasteiger partial charge in [0, 0.05) is 42.1 Å². The maximum absolute atomic E-state index is 11.1. The summed E-state index contributed by atoms with van der Waals surface area (Å²) in [5.41, 5.74) is 3.60. The van der Waals surface area contributed by atoms with Gasteiger partial charge in [0.2, 0.25) is 5.95 Å². The fourth-order valence-corrected chi connectivity index (χ4v) is 4.17. The number of carbonyl (C=O) groups is 1. The van der Waals surface area contributed by atoms with E-state index in [1.807, 2.05) is 11.4 Å². The van der Waals surface area contributed by atoms with Crippen LogP contribution in [0.1, 0.15) is 54.7 Å². The molecule has 0 bridgehead atoms. The lowest BCUT2D eigenvalue weighted by molar-refractivity contribution is 0.0690. The molecular weight excluding hydrogens is 398 g/mol. The van der Waals surface area contributed by atoms with Gasteiger partial charge in [-0.2, -0.15) is 0 Å². The van der Waals surface area contributed by atoms with Crippen molar-refractivity contribution in [2.45, 2.75) is 50.7 Å². The molecule has 1 aliphatic rings.